The van der Waals surface area contributed by atoms with Crippen LogP contribution in [0.1, 0.15) is 59.4 Å². The van der Waals surface area contributed by atoms with Gasteiger partial charge in [-0.1, -0.05) is 31.4 Å². The molecule has 5 nitrogen and oxygen atoms in total. The zero-order chi connectivity index (χ0) is 18.5. The molecule has 1 aromatic heterocycles. The highest BCUT2D eigenvalue weighted by atomic mass is 16.1. The number of hydrogen-bond acceptors (Lipinski definition) is 3. The molecule has 3 rings (SSSR count). The Hall–Kier alpha value is -2.14. The van der Waals surface area contributed by atoms with Gasteiger partial charge in [-0.15, -0.1) is 0 Å². The maximum absolute atomic E-state index is 12.7. The molecule has 1 aliphatic carbocycles. The molecule has 26 heavy (non-hydrogen) atoms. The fraction of sp³-hybridized carbons (Fsp3) is 0.524. The second-order valence-electron chi connectivity index (χ2n) is 7.50. The van der Waals surface area contributed by atoms with E-state index < -0.39 is 0 Å². The van der Waals surface area contributed by atoms with Gasteiger partial charge >= 0.3 is 0 Å². The molecule has 1 aliphatic rings. The predicted molar refractivity (Wildman–Crippen MR) is 104 cm³/mol. The molecule has 1 heterocycles. The normalized spacial score (nSPS) is 16.4. The third-order valence-corrected chi connectivity index (χ3v) is 5.41. The van der Waals surface area contributed by atoms with E-state index in [9.17, 15) is 4.79 Å². The Balaban J connectivity index is 1.68. The van der Waals surface area contributed by atoms with E-state index in [0.29, 0.717) is 24.6 Å². The van der Waals surface area contributed by atoms with Crippen molar-refractivity contribution in [1.82, 2.24) is 15.1 Å². The minimum absolute atomic E-state index is 0.0266. The first kappa shape index (κ1) is 18.6. The molecule has 0 bridgehead atoms. The van der Waals surface area contributed by atoms with Gasteiger partial charge in [0.25, 0.3) is 5.91 Å². The minimum Gasteiger partial charge on any atom is -0.348 e. The maximum atomic E-state index is 12.7. The first-order valence-corrected chi connectivity index (χ1v) is 9.67. The molecule has 1 fully saturated rings. The lowest BCUT2D eigenvalue weighted by molar-refractivity contribution is 0.0915. The molecule has 0 radical (unpaired) electrons. The van der Waals surface area contributed by atoms with Crippen LogP contribution in [-0.4, -0.2) is 28.3 Å². The summed E-state index contributed by atoms with van der Waals surface area (Å²) in [6.45, 7) is 5.21. The smallest absolute Gasteiger partial charge is 0.251 e. The van der Waals surface area contributed by atoms with Crippen LogP contribution in [0, 0.1) is 19.8 Å². The van der Waals surface area contributed by atoms with Crippen molar-refractivity contribution in [2.45, 2.75) is 58.5 Å². The van der Waals surface area contributed by atoms with Gasteiger partial charge < -0.3 is 11.1 Å². The molecule has 1 amide bonds. The highest BCUT2D eigenvalue weighted by Gasteiger charge is 2.24. The molecule has 1 unspecified atom stereocenters. The summed E-state index contributed by atoms with van der Waals surface area (Å²) in [6, 6.07) is 9.94. The Morgan fingerprint density at radius 3 is 2.69 bits per heavy atom. The highest BCUT2D eigenvalue weighted by molar-refractivity contribution is 5.94. The number of amides is 1. The Morgan fingerprint density at radius 1 is 1.27 bits per heavy atom. The van der Waals surface area contributed by atoms with E-state index in [2.05, 4.69) is 16.5 Å². The summed E-state index contributed by atoms with van der Waals surface area (Å²) in [4.78, 5) is 12.7. The van der Waals surface area contributed by atoms with E-state index in [1.54, 1.807) is 0 Å². The van der Waals surface area contributed by atoms with E-state index in [0.717, 1.165) is 17.0 Å². The van der Waals surface area contributed by atoms with Gasteiger partial charge in [-0.2, -0.15) is 5.10 Å². The van der Waals surface area contributed by atoms with Gasteiger partial charge in [-0.05, 0) is 56.4 Å². The molecule has 0 aliphatic heterocycles. The molecule has 1 saturated carbocycles. The van der Waals surface area contributed by atoms with E-state index in [-0.39, 0.29) is 11.9 Å². The standard InChI is InChI=1S/C21H30N4O/c1-15-11-16(2)25(24-15)14-17-7-6-10-19(12-17)21(26)23-20(13-22)18-8-4-3-5-9-18/h6-7,10-12,18,20H,3-5,8-9,13-14,22H2,1-2H3,(H,23,26). The number of carbonyl (C=O) groups excluding carboxylic acids is 1. The highest BCUT2D eigenvalue weighted by Crippen LogP contribution is 2.26. The minimum atomic E-state index is -0.0266. The van der Waals surface area contributed by atoms with Crippen LogP contribution in [-0.2, 0) is 6.54 Å². The summed E-state index contributed by atoms with van der Waals surface area (Å²) >= 11 is 0. The van der Waals surface area contributed by atoms with E-state index in [1.165, 1.54) is 32.1 Å². The van der Waals surface area contributed by atoms with Crippen molar-refractivity contribution >= 4 is 5.91 Å². The molecule has 140 valence electrons. The van der Waals surface area contributed by atoms with Crippen LogP contribution >= 0.6 is 0 Å². The van der Waals surface area contributed by atoms with E-state index in [4.69, 9.17) is 5.73 Å². The molecule has 3 N–H and O–H groups in total. The number of nitrogens with two attached hydrogens (primary N) is 1. The van der Waals surface area contributed by atoms with E-state index in [1.807, 2.05) is 42.8 Å². The molecule has 0 spiro atoms. The molecular weight excluding hydrogens is 324 g/mol. The second-order valence-corrected chi connectivity index (χ2v) is 7.50. The Kier molecular flexibility index (Phi) is 6.09. The topological polar surface area (TPSA) is 72.9 Å². The first-order chi connectivity index (χ1) is 12.6. The number of hydrogen-bond donors (Lipinski definition) is 2. The van der Waals surface area contributed by atoms with Gasteiger partial charge in [0, 0.05) is 23.8 Å². The fourth-order valence-corrected chi connectivity index (χ4v) is 3.98. The Morgan fingerprint density at radius 2 is 2.04 bits per heavy atom. The summed E-state index contributed by atoms with van der Waals surface area (Å²) < 4.78 is 1.97. The number of carbonyl (C=O) groups is 1. The van der Waals surface area contributed by atoms with E-state index >= 15 is 0 Å². The number of nitrogens with one attached hydrogen (secondary N) is 1. The van der Waals surface area contributed by atoms with Crippen molar-refractivity contribution in [3.63, 3.8) is 0 Å². The summed E-state index contributed by atoms with van der Waals surface area (Å²) in [7, 11) is 0. The largest absolute Gasteiger partial charge is 0.348 e. The summed E-state index contributed by atoms with van der Waals surface area (Å²) in [5.41, 5.74) is 9.85. The maximum Gasteiger partial charge on any atom is 0.251 e. The van der Waals surface area contributed by atoms with Gasteiger partial charge in [0.05, 0.1) is 12.2 Å². The molecule has 5 heteroatoms. The first-order valence-electron chi connectivity index (χ1n) is 9.67. The summed E-state index contributed by atoms with van der Waals surface area (Å²) in [5, 5.41) is 7.68. The van der Waals surface area contributed by atoms with Crippen LogP contribution in [0.4, 0.5) is 0 Å². The van der Waals surface area contributed by atoms with Gasteiger partial charge in [0.1, 0.15) is 0 Å². The second kappa shape index (κ2) is 8.49. The average Bonchev–Trinajstić information content (AvgIpc) is 2.97. The van der Waals surface area contributed by atoms with Crippen molar-refractivity contribution in [3.8, 4) is 0 Å². The summed E-state index contributed by atoms with van der Waals surface area (Å²) in [5.74, 6) is 0.483. The molecule has 1 aromatic carbocycles. The average molecular weight is 354 g/mol. The zero-order valence-electron chi connectivity index (χ0n) is 15.9. The van der Waals surface area contributed by atoms with Crippen LogP contribution in [0.5, 0.6) is 0 Å². The number of aryl methyl sites for hydroxylation is 2. The fourth-order valence-electron chi connectivity index (χ4n) is 3.98. The number of nitrogens with zero attached hydrogens (tertiary/aromatic N) is 2. The number of aromatic nitrogens is 2. The lowest BCUT2D eigenvalue weighted by Crippen LogP contribution is -2.45. The third kappa shape index (κ3) is 4.52. The van der Waals surface area contributed by atoms with Crippen LogP contribution in [0.3, 0.4) is 0 Å². The van der Waals surface area contributed by atoms with Gasteiger partial charge in [0.15, 0.2) is 0 Å². The summed E-state index contributed by atoms with van der Waals surface area (Å²) in [6.07, 6.45) is 6.13. The number of benzene rings is 1. The molecule has 2 aromatic rings. The zero-order valence-corrected chi connectivity index (χ0v) is 15.9. The number of rotatable bonds is 6. The predicted octanol–water partition coefficient (Wildman–Crippen LogP) is 3.19. The molecule has 0 saturated heterocycles. The van der Waals surface area contributed by atoms with Crippen molar-refractivity contribution in [2.24, 2.45) is 11.7 Å². The van der Waals surface area contributed by atoms with Crippen LogP contribution in [0.25, 0.3) is 0 Å². The van der Waals surface area contributed by atoms with Crippen LogP contribution in [0.15, 0.2) is 30.3 Å². The molecular formula is C21H30N4O. The third-order valence-electron chi connectivity index (χ3n) is 5.41. The van der Waals surface area contributed by atoms with Gasteiger partial charge in [0.2, 0.25) is 0 Å². The quantitative estimate of drug-likeness (QED) is 0.837. The lowest BCUT2D eigenvalue weighted by atomic mass is 9.84. The Labute approximate surface area is 156 Å². The van der Waals surface area contributed by atoms with Crippen molar-refractivity contribution in [2.75, 3.05) is 6.54 Å². The van der Waals surface area contributed by atoms with Gasteiger partial charge in [-0.25, -0.2) is 0 Å². The van der Waals surface area contributed by atoms with Crippen molar-refractivity contribution in [1.29, 1.82) is 0 Å². The van der Waals surface area contributed by atoms with Crippen LogP contribution < -0.4 is 11.1 Å². The van der Waals surface area contributed by atoms with Crippen molar-refractivity contribution < 1.29 is 4.79 Å². The van der Waals surface area contributed by atoms with Crippen LogP contribution in [0.2, 0.25) is 0 Å². The van der Waals surface area contributed by atoms with Gasteiger partial charge in [-0.3, -0.25) is 9.48 Å². The Bertz CT molecular complexity index is 746. The SMILES string of the molecule is Cc1cc(C)n(Cc2cccc(C(=O)NC(CN)C3CCCCC3)c2)n1. The molecule has 1 atom stereocenters. The monoisotopic (exact) mass is 354 g/mol. The van der Waals surface area contributed by atoms with Crippen molar-refractivity contribution in [3.05, 3.63) is 52.8 Å². The lowest BCUT2D eigenvalue weighted by Gasteiger charge is -2.30.